The first-order chi connectivity index (χ1) is 8.54. The van der Waals surface area contributed by atoms with Gasteiger partial charge in [0.25, 0.3) is 0 Å². The Morgan fingerprint density at radius 1 is 1.33 bits per heavy atom. The molecule has 4 heteroatoms. The molecular formula is C14H21NO3. The van der Waals surface area contributed by atoms with Gasteiger partial charge in [0.15, 0.2) is 0 Å². The van der Waals surface area contributed by atoms with Crippen LogP contribution in [-0.4, -0.2) is 35.7 Å². The molecule has 1 aromatic carbocycles. The van der Waals surface area contributed by atoms with E-state index >= 15 is 0 Å². The molecule has 1 aromatic rings. The molecule has 0 amide bonds. The molecule has 0 aromatic heterocycles. The van der Waals surface area contributed by atoms with Gasteiger partial charge in [-0.1, -0.05) is 24.3 Å². The number of nitrogens with zero attached hydrogens (tertiary/aromatic N) is 1. The van der Waals surface area contributed by atoms with E-state index < -0.39 is 5.97 Å². The summed E-state index contributed by atoms with van der Waals surface area (Å²) in [5.41, 5.74) is 2.23. The summed E-state index contributed by atoms with van der Waals surface area (Å²) in [6.45, 7) is 5.24. The SMILES string of the molecule is COCc1ccccc1CN(CC(=O)O)C(C)C. The Morgan fingerprint density at radius 2 is 1.94 bits per heavy atom. The zero-order valence-corrected chi connectivity index (χ0v) is 11.2. The highest BCUT2D eigenvalue weighted by Gasteiger charge is 2.15. The second-order valence-electron chi connectivity index (χ2n) is 4.59. The molecule has 0 fully saturated rings. The van der Waals surface area contributed by atoms with Gasteiger partial charge in [0.1, 0.15) is 0 Å². The number of hydrogen-bond acceptors (Lipinski definition) is 3. The Kier molecular flexibility index (Phi) is 5.82. The van der Waals surface area contributed by atoms with Gasteiger partial charge in [0.05, 0.1) is 13.2 Å². The predicted molar refractivity (Wildman–Crippen MR) is 70.3 cm³/mol. The molecule has 0 aliphatic rings. The Hall–Kier alpha value is -1.39. The minimum Gasteiger partial charge on any atom is -0.480 e. The van der Waals surface area contributed by atoms with Crippen LogP contribution in [0.3, 0.4) is 0 Å². The van der Waals surface area contributed by atoms with Crippen LogP contribution < -0.4 is 0 Å². The number of carboxylic acid groups (broad SMARTS) is 1. The van der Waals surface area contributed by atoms with Crippen LogP contribution in [0, 0.1) is 0 Å². The first-order valence-corrected chi connectivity index (χ1v) is 6.06. The van der Waals surface area contributed by atoms with Crippen LogP contribution in [-0.2, 0) is 22.7 Å². The van der Waals surface area contributed by atoms with E-state index in [-0.39, 0.29) is 12.6 Å². The molecular weight excluding hydrogens is 230 g/mol. The van der Waals surface area contributed by atoms with Crippen molar-refractivity contribution in [3.63, 3.8) is 0 Å². The van der Waals surface area contributed by atoms with Crippen molar-refractivity contribution >= 4 is 5.97 Å². The van der Waals surface area contributed by atoms with E-state index in [0.717, 1.165) is 11.1 Å². The van der Waals surface area contributed by atoms with Crippen molar-refractivity contribution in [2.75, 3.05) is 13.7 Å². The molecule has 100 valence electrons. The zero-order valence-electron chi connectivity index (χ0n) is 11.2. The lowest BCUT2D eigenvalue weighted by atomic mass is 10.1. The molecule has 0 bridgehead atoms. The van der Waals surface area contributed by atoms with E-state index in [1.165, 1.54) is 0 Å². The normalized spacial score (nSPS) is 11.2. The van der Waals surface area contributed by atoms with Crippen molar-refractivity contribution in [1.82, 2.24) is 4.90 Å². The van der Waals surface area contributed by atoms with Crippen molar-refractivity contribution in [3.05, 3.63) is 35.4 Å². The molecule has 1 N–H and O–H groups in total. The number of carboxylic acids is 1. The van der Waals surface area contributed by atoms with E-state index in [0.29, 0.717) is 13.2 Å². The Morgan fingerprint density at radius 3 is 2.44 bits per heavy atom. The van der Waals surface area contributed by atoms with E-state index in [9.17, 15) is 4.79 Å². The van der Waals surface area contributed by atoms with E-state index in [4.69, 9.17) is 9.84 Å². The van der Waals surface area contributed by atoms with E-state index in [2.05, 4.69) is 0 Å². The molecule has 0 aliphatic carbocycles. The van der Waals surface area contributed by atoms with Crippen LogP contribution in [0.2, 0.25) is 0 Å². The van der Waals surface area contributed by atoms with Crippen LogP contribution in [0.15, 0.2) is 24.3 Å². The molecule has 1 rings (SSSR count). The van der Waals surface area contributed by atoms with Crippen LogP contribution in [0.25, 0.3) is 0 Å². The van der Waals surface area contributed by atoms with Gasteiger partial charge < -0.3 is 9.84 Å². The highest BCUT2D eigenvalue weighted by Crippen LogP contribution is 2.14. The highest BCUT2D eigenvalue weighted by molar-refractivity contribution is 5.69. The van der Waals surface area contributed by atoms with Gasteiger partial charge in [-0.3, -0.25) is 9.69 Å². The lowest BCUT2D eigenvalue weighted by molar-refractivity contribution is -0.138. The average molecular weight is 251 g/mol. The molecule has 4 nitrogen and oxygen atoms in total. The van der Waals surface area contributed by atoms with Gasteiger partial charge in [-0.05, 0) is 25.0 Å². The summed E-state index contributed by atoms with van der Waals surface area (Å²) in [6, 6.07) is 8.16. The van der Waals surface area contributed by atoms with Gasteiger partial charge in [-0.25, -0.2) is 0 Å². The summed E-state index contributed by atoms with van der Waals surface area (Å²) in [6.07, 6.45) is 0. The lowest BCUT2D eigenvalue weighted by Gasteiger charge is -2.25. The van der Waals surface area contributed by atoms with Crippen molar-refractivity contribution in [1.29, 1.82) is 0 Å². The molecule has 0 saturated carbocycles. The van der Waals surface area contributed by atoms with Crippen molar-refractivity contribution in [2.24, 2.45) is 0 Å². The molecule has 0 aliphatic heterocycles. The third kappa shape index (κ3) is 4.47. The zero-order chi connectivity index (χ0) is 13.5. The summed E-state index contributed by atoms with van der Waals surface area (Å²) in [4.78, 5) is 12.8. The summed E-state index contributed by atoms with van der Waals surface area (Å²) < 4.78 is 5.16. The maximum Gasteiger partial charge on any atom is 0.317 e. The minimum atomic E-state index is -0.798. The molecule has 18 heavy (non-hydrogen) atoms. The van der Waals surface area contributed by atoms with Gasteiger partial charge in [-0.15, -0.1) is 0 Å². The van der Waals surface area contributed by atoms with Gasteiger partial charge in [-0.2, -0.15) is 0 Å². The number of ether oxygens (including phenoxy) is 1. The van der Waals surface area contributed by atoms with Crippen LogP contribution in [0.4, 0.5) is 0 Å². The molecule has 0 spiro atoms. The predicted octanol–water partition coefficient (Wildman–Crippen LogP) is 2.13. The second-order valence-corrected chi connectivity index (χ2v) is 4.59. The number of benzene rings is 1. The molecule has 0 saturated heterocycles. The monoisotopic (exact) mass is 251 g/mol. The fraction of sp³-hybridized carbons (Fsp3) is 0.500. The second kappa shape index (κ2) is 7.13. The standard InChI is InChI=1S/C14H21NO3/c1-11(2)15(9-14(16)17)8-12-6-4-5-7-13(12)10-18-3/h4-7,11H,8-10H2,1-3H3,(H,16,17). The summed E-state index contributed by atoms with van der Waals surface area (Å²) in [5, 5.41) is 8.92. The molecule has 0 atom stereocenters. The third-order valence-corrected chi connectivity index (χ3v) is 2.86. The Balaban J connectivity index is 2.82. The van der Waals surface area contributed by atoms with Crippen molar-refractivity contribution < 1.29 is 14.6 Å². The number of rotatable bonds is 7. The van der Waals surface area contributed by atoms with E-state index in [1.54, 1.807) is 7.11 Å². The summed E-state index contributed by atoms with van der Waals surface area (Å²) >= 11 is 0. The van der Waals surface area contributed by atoms with Crippen LogP contribution >= 0.6 is 0 Å². The largest absolute Gasteiger partial charge is 0.480 e. The Labute approximate surface area is 108 Å². The third-order valence-electron chi connectivity index (χ3n) is 2.86. The van der Waals surface area contributed by atoms with E-state index in [1.807, 2.05) is 43.0 Å². The highest BCUT2D eigenvalue weighted by atomic mass is 16.5. The quantitative estimate of drug-likeness (QED) is 0.806. The Bertz CT molecular complexity index is 390. The minimum absolute atomic E-state index is 0.0545. The summed E-state index contributed by atoms with van der Waals surface area (Å²) in [7, 11) is 1.66. The van der Waals surface area contributed by atoms with Gasteiger partial charge in [0, 0.05) is 19.7 Å². The smallest absolute Gasteiger partial charge is 0.317 e. The molecule has 0 unspecified atom stereocenters. The fourth-order valence-electron chi connectivity index (χ4n) is 1.82. The number of methoxy groups -OCH3 is 1. The average Bonchev–Trinajstić information content (AvgIpc) is 2.30. The molecule has 0 radical (unpaired) electrons. The van der Waals surface area contributed by atoms with Gasteiger partial charge in [0.2, 0.25) is 0 Å². The maximum atomic E-state index is 10.8. The van der Waals surface area contributed by atoms with Crippen molar-refractivity contribution in [2.45, 2.75) is 33.0 Å². The lowest BCUT2D eigenvalue weighted by Crippen LogP contribution is -2.35. The van der Waals surface area contributed by atoms with Crippen molar-refractivity contribution in [3.8, 4) is 0 Å². The summed E-state index contributed by atoms with van der Waals surface area (Å²) in [5.74, 6) is -0.798. The number of carbonyl (C=O) groups is 1. The molecule has 0 heterocycles. The van der Waals surface area contributed by atoms with Gasteiger partial charge >= 0.3 is 5.97 Å². The number of hydrogen-bond donors (Lipinski definition) is 1. The first kappa shape index (κ1) is 14.7. The van der Waals surface area contributed by atoms with Crippen LogP contribution in [0.1, 0.15) is 25.0 Å². The topological polar surface area (TPSA) is 49.8 Å². The fourth-order valence-corrected chi connectivity index (χ4v) is 1.82. The van der Waals surface area contributed by atoms with Crippen LogP contribution in [0.5, 0.6) is 0 Å². The maximum absolute atomic E-state index is 10.8. The first-order valence-electron chi connectivity index (χ1n) is 6.06. The number of aliphatic carboxylic acids is 1.